The van der Waals surface area contributed by atoms with E-state index in [4.69, 9.17) is 18.9 Å². The Bertz CT molecular complexity index is 1580. The van der Waals surface area contributed by atoms with Crippen molar-refractivity contribution in [3.8, 4) is 17.2 Å². The first-order valence-electron chi connectivity index (χ1n) is 11.9. The van der Waals surface area contributed by atoms with E-state index >= 15 is 0 Å². The van der Waals surface area contributed by atoms with Gasteiger partial charge in [-0.1, -0.05) is 54.6 Å². The summed E-state index contributed by atoms with van der Waals surface area (Å²) in [6.07, 6.45) is 0. The average molecular weight is 539 g/mol. The van der Waals surface area contributed by atoms with Gasteiger partial charge in [0.05, 0.1) is 34.9 Å². The minimum atomic E-state index is -0.986. The lowest BCUT2D eigenvalue weighted by atomic mass is 10.0. The molecule has 0 N–H and O–H groups in total. The summed E-state index contributed by atoms with van der Waals surface area (Å²) in [4.78, 5) is 64.8. The summed E-state index contributed by atoms with van der Waals surface area (Å²) in [7, 11) is 1.08. The van der Waals surface area contributed by atoms with E-state index < -0.39 is 52.5 Å². The summed E-state index contributed by atoms with van der Waals surface area (Å²) in [5, 5.41) is 0. The standard InChI is InChI=1S/C31H22O9/c1-19(32)25-23(31(36)37-2)18-24(38-28(33)20-12-6-3-7-13-20)26(39-29(34)21-14-8-4-9-15-21)27(25)40-30(35)22-16-10-5-11-17-22/h3-18H,1-2H3. The van der Waals surface area contributed by atoms with Crippen LogP contribution in [0.1, 0.15) is 58.7 Å². The van der Waals surface area contributed by atoms with E-state index in [2.05, 4.69) is 0 Å². The summed E-state index contributed by atoms with van der Waals surface area (Å²) < 4.78 is 21.6. The van der Waals surface area contributed by atoms with Crippen molar-refractivity contribution in [2.75, 3.05) is 7.11 Å². The maximum absolute atomic E-state index is 13.1. The van der Waals surface area contributed by atoms with Crippen LogP contribution in [0.25, 0.3) is 0 Å². The number of ether oxygens (including phenoxy) is 4. The molecule has 4 rings (SSSR count). The summed E-state index contributed by atoms with van der Waals surface area (Å²) in [5.41, 5.74) is -0.429. The summed E-state index contributed by atoms with van der Waals surface area (Å²) >= 11 is 0. The van der Waals surface area contributed by atoms with Crippen LogP contribution in [0.5, 0.6) is 17.2 Å². The van der Waals surface area contributed by atoms with Crippen molar-refractivity contribution in [3.63, 3.8) is 0 Å². The SMILES string of the molecule is COC(=O)c1cc(OC(=O)c2ccccc2)c(OC(=O)c2ccccc2)c(OC(=O)c2ccccc2)c1C(C)=O. The first-order chi connectivity index (χ1) is 19.3. The number of methoxy groups -OCH3 is 1. The van der Waals surface area contributed by atoms with Crippen molar-refractivity contribution in [2.24, 2.45) is 0 Å². The second-order valence-corrected chi connectivity index (χ2v) is 8.27. The van der Waals surface area contributed by atoms with E-state index in [9.17, 15) is 24.0 Å². The highest BCUT2D eigenvalue weighted by Crippen LogP contribution is 2.44. The highest BCUT2D eigenvalue weighted by molar-refractivity contribution is 6.10. The van der Waals surface area contributed by atoms with Gasteiger partial charge in [0.25, 0.3) is 0 Å². The summed E-state index contributed by atoms with van der Waals surface area (Å²) in [6, 6.07) is 24.6. The topological polar surface area (TPSA) is 122 Å². The Morgan fingerprint density at radius 1 is 0.525 bits per heavy atom. The van der Waals surface area contributed by atoms with Crippen molar-refractivity contribution in [3.05, 3.63) is 125 Å². The van der Waals surface area contributed by atoms with Gasteiger partial charge in [-0.05, 0) is 43.3 Å². The lowest BCUT2D eigenvalue weighted by Gasteiger charge is -2.19. The maximum Gasteiger partial charge on any atom is 0.343 e. The van der Waals surface area contributed by atoms with Crippen molar-refractivity contribution in [2.45, 2.75) is 6.92 Å². The van der Waals surface area contributed by atoms with Crippen LogP contribution in [0.4, 0.5) is 0 Å². The molecule has 0 fully saturated rings. The number of esters is 4. The zero-order chi connectivity index (χ0) is 28.6. The van der Waals surface area contributed by atoms with E-state index in [1.807, 2.05) is 0 Å². The molecule has 0 heterocycles. The van der Waals surface area contributed by atoms with Gasteiger partial charge in [-0.15, -0.1) is 0 Å². The highest BCUT2D eigenvalue weighted by atomic mass is 16.6. The van der Waals surface area contributed by atoms with Crippen molar-refractivity contribution in [1.29, 1.82) is 0 Å². The molecule has 40 heavy (non-hydrogen) atoms. The lowest BCUT2D eigenvalue weighted by Crippen LogP contribution is -2.19. The molecule has 0 aromatic heterocycles. The predicted octanol–water partition coefficient (Wildman–Crippen LogP) is 5.33. The molecule has 0 bridgehead atoms. The van der Waals surface area contributed by atoms with Crippen LogP contribution in [0.2, 0.25) is 0 Å². The van der Waals surface area contributed by atoms with Crippen LogP contribution in [-0.4, -0.2) is 36.8 Å². The molecule has 4 aromatic rings. The Morgan fingerprint density at radius 2 is 0.925 bits per heavy atom. The average Bonchev–Trinajstić information content (AvgIpc) is 2.99. The number of hydrogen-bond acceptors (Lipinski definition) is 9. The smallest absolute Gasteiger partial charge is 0.343 e. The van der Waals surface area contributed by atoms with E-state index in [0.717, 1.165) is 20.1 Å². The molecule has 0 spiro atoms. The van der Waals surface area contributed by atoms with Crippen LogP contribution >= 0.6 is 0 Å². The van der Waals surface area contributed by atoms with Crippen LogP contribution in [-0.2, 0) is 4.74 Å². The molecule has 0 aliphatic heterocycles. The lowest BCUT2D eigenvalue weighted by molar-refractivity contribution is 0.0588. The molecule has 0 radical (unpaired) electrons. The zero-order valence-electron chi connectivity index (χ0n) is 21.4. The summed E-state index contributed by atoms with van der Waals surface area (Å²) in [5.74, 6) is -6.01. The van der Waals surface area contributed by atoms with Crippen LogP contribution < -0.4 is 14.2 Å². The first kappa shape index (κ1) is 27.5. The Morgan fingerprint density at radius 3 is 1.32 bits per heavy atom. The number of benzene rings is 4. The molecule has 0 unspecified atom stereocenters. The van der Waals surface area contributed by atoms with Crippen LogP contribution in [0.15, 0.2) is 97.1 Å². The first-order valence-corrected chi connectivity index (χ1v) is 11.9. The van der Waals surface area contributed by atoms with E-state index in [1.54, 1.807) is 54.6 Å². The second-order valence-electron chi connectivity index (χ2n) is 8.27. The minimum absolute atomic E-state index is 0.101. The van der Waals surface area contributed by atoms with Gasteiger partial charge in [0.1, 0.15) is 0 Å². The summed E-state index contributed by atoms with van der Waals surface area (Å²) in [6.45, 7) is 1.13. The Balaban J connectivity index is 1.94. The predicted molar refractivity (Wildman–Crippen MR) is 142 cm³/mol. The van der Waals surface area contributed by atoms with Crippen molar-refractivity contribution in [1.82, 2.24) is 0 Å². The maximum atomic E-state index is 13.1. The monoisotopic (exact) mass is 538 g/mol. The van der Waals surface area contributed by atoms with Gasteiger partial charge in [-0.3, -0.25) is 4.79 Å². The largest absolute Gasteiger partial charge is 0.465 e. The van der Waals surface area contributed by atoms with E-state index in [1.165, 1.54) is 36.4 Å². The molecule has 0 aliphatic carbocycles. The fourth-order valence-corrected chi connectivity index (χ4v) is 3.69. The molecule has 4 aromatic carbocycles. The Hall–Kier alpha value is -5.57. The number of carbonyl (C=O) groups is 5. The molecular formula is C31H22O9. The molecule has 0 saturated heterocycles. The normalized spacial score (nSPS) is 10.2. The van der Waals surface area contributed by atoms with Gasteiger partial charge in [-0.25, -0.2) is 19.2 Å². The van der Waals surface area contributed by atoms with Crippen LogP contribution in [0, 0.1) is 0 Å². The number of carbonyl (C=O) groups excluding carboxylic acids is 5. The zero-order valence-corrected chi connectivity index (χ0v) is 21.4. The quantitative estimate of drug-likeness (QED) is 0.166. The minimum Gasteiger partial charge on any atom is -0.465 e. The molecule has 0 amide bonds. The Labute approximate surface area is 228 Å². The molecule has 9 nitrogen and oxygen atoms in total. The third-order valence-corrected chi connectivity index (χ3v) is 5.58. The molecule has 200 valence electrons. The number of ketones is 1. The fraction of sp³-hybridized carbons (Fsp3) is 0.0645. The third kappa shape index (κ3) is 6.11. The van der Waals surface area contributed by atoms with E-state index in [-0.39, 0.29) is 22.3 Å². The second kappa shape index (κ2) is 12.3. The molecule has 0 atom stereocenters. The molecule has 0 aliphatic rings. The number of rotatable bonds is 8. The van der Waals surface area contributed by atoms with Gasteiger partial charge in [-0.2, -0.15) is 0 Å². The van der Waals surface area contributed by atoms with Crippen molar-refractivity contribution < 1.29 is 42.9 Å². The van der Waals surface area contributed by atoms with Gasteiger partial charge in [0, 0.05) is 6.07 Å². The van der Waals surface area contributed by atoms with Gasteiger partial charge in [0.15, 0.2) is 17.3 Å². The molecular weight excluding hydrogens is 516 g/mol. The van der Waals surface area contributed by atoms with E-state index in [0.29, 0.717) is 0 Å². The molecule has 9 heteroatoms. The van der Waals surface area contributed by atoms with Crippen molar-refractivity contribution >= 4 is 29.7 Å². The number of hydrogen-bond donors (Lipinski definition) is 0. The third-order valence-electron chi connectivity index (χ3n) is 5.58. The highest BCUT2D eigenvalue weighted by Gasteiger charge is 2.32. The van der Waals surface area contributed by atoms with Gasteiger partial charge < -0.3 is 18.9 Å². The van der Waals surface area contributed by atoms with Gasteiger partial charge >= 0.3 is 23.9 Å². The fourth-order valence-electron chi connectivity index (χ4n) is 3.69. The number of Topliss-reactive ketones (excluding diaryl/α,β-unsaturated/α-hetero) is 1. The van der Waals surface area contributed by atoms with Gasteiger partial charge in [0.2, 0.25) is 5.75 Å². The van der Waals surface area contributed by atoms with Crippen LogP contribution in [0.3, 0.4) is 0 Å². The Kier molecular flexibility index (Phi) is 8.46. The molecule has 0 saturated carbocycles.